The molecule has 170 valence electrons. The van der Waals surface area contributed by atoms with E-state index < -0.39 is 5.60 Å². The maximum absolute atomic E-state index is 11.1. The quantitative estimate of drug-likeness (QED) is 0.555. The fourth-order valence-electron chi connectivity index (χ4n) is 4.63. The number of aromatic nitrogens is 1. The third-order valence-electron chi connectivity index (χ3n) is 6.58. The molecule has 2 aromatic rings. The number of benzene rings is 1. The van der Waals surface area contributed by atoms with Crippen molar-refractivity contribution < 1.29 is 9.84 Å². The van der Waals surface area contributed by atoms with E-state index >= 15 is 0 Å². The number of rotatable bonds is 4. The summed E-state index contributed by atoms with van der Waals surface area (Å²) >= 11 is 12.6. The Morgan fingerprint density at radius 2 is 1.97 bits per heavy atom. The lowest BCUT2D eigenvalue weighted by molar-refractivity contribution is -0.0254. The minimum atomic E-state index is -0.778. The van der Waals surface area contributed by atoms with Gasteiger partial charge in [0.2, 0.25) is 5.88 Å². The van der Waals surface area contributed by atoms with Crippen molar-refractivity contribution in [3.8, 4) is 5.88 Å². The second-order valence-electron chi connectivity index (χ2n) is 8.70. The molecule has 0 spiro atoms. The Labute approximate surface area is 204 Å². The lowest BCUT2D eigenvalue weighted by Gasteiger charge is -2.38. The highest BCUT2D eigenvalue weighted by Gasteiger charge is 2.33. The van der Waals surface area contributed by atoms with Gasteiger partial charge in [0.1, 0.15) is 5.76 Å². The van der Waals surface area contributed by atoms with E-state index in [2.05, 4.69) is 22.0 Å². The standard InChI is InChI=1S/C27H26Cl2N2O2/c28-21-10-8-20(9-11-21)27(32)12-16-31(17-13-27)15-3-4-19-18-23-24(29)6-1-7-25(23)33-26-22(19)5-2-14-30-26/h1-2,4-11,14,18,24,32H,3,12-13,15-17H2. The number of aliphatic hydroxyl groups is 1. The molecule has 0 saturated carbocycles. The second kappa shape index (κ2) is 9.47. The maximum Gasteiger partial charge on any atom is 0.227 e. The molecule has 1 N–H and O–H groups in total. The van der Waals surface area contributed by atoms with Crippen LogP contribution >= 0.6 is 23.2 Å². The molecule has 0 bridgehead atoms. The normalized spacial score (nSPS) is 23.1. The van der Waals surface area contributed by atoms with Gasteiger partial charge in [0.15, 0.2) is 0 Å². The highest BCUT2D eigenvalue weighted by Crippen LogP contribution is 2.37. The van der Waals surface area contributed by atoms with Gasteiger partial charge in [-0.15, -0.1) is 11.6 Å². The van der Waals surface area contributed by atoms with Crippen LogP contribution in [0.25, 0.3) is 5.57 Å². The van der Waals surface area contributed by atoms with Crippen LogP contribution in [0.15, 0.2) is 84.3 Å². The van der Waals surface area contributed by atoms with Crippen molar-refractivity contribution in [2.45, 2.75) is 30.2 Å². The molecule has 3 aliphatic rings. The Balaban J connectivity index is 1.28. The molecule has 1 saturated heterocycles. The summed E-state index contributed by atoms with van der Waals surface area (Å²) in [6.07, 6.45) is 14.2. The van der Waals surface area contributed by atoms with Crippen LogP contribution in [0.5, 0.6) is 5.88 Å². The molecular weight excluding hydrogens is 455 g/mol. The summed E-state index contributed by atoms with van der Waals surface area (Å²) in [6.45, 7) is 2.63. The van der Waals surface area contributed by atoms with Gasteiger partial charge < -0.3 is 14.7 Å². The predicted octanol–water partition coefficient (Wildman–Crippen LogP) is 5.87. The van der Waals surface area contributed by atoms with Crippen molar-refractivity contribution in [2.75, 3.05) is 19.6 Å². The highest BCUT2D eigenvalue weighted by molar-refractivity contribution is 6.30. The van der Waals surface area contributed by atoms with E-state index in [0.717, 1.165) is 54.1 Å². The van der Waals surface area contributed by atoms with Crippen LogP contribution in [0.2, 0.25) is 5.02 Å². The van der Waals surface area contributed by atoms with E-state index in [4.69, 9.17) is 27.9 Å². The first kappa shape index (κ1) is 22.4. The van der Waals surface area contributed by atoms with E-state index in [0.29, 0.717) is 23.7 Å². The molecule has 0 radical (unpaired) electrons. The molecular formula is C27H26Cl2N2O2. The molecule has 1 aliphatic carbocycles. The zero-order valence-electron chi connectivity index (χ0n) is 18.3. The van der Waals surface area contributed by atoms with E-state index in [1.165, 1.54) is 0 Å². The number of allylic oxidation sites excluding steroid dienone is 6. The molecule has 1 atom stereocenters. The molecule has 6 heteroatoms. The van der Waals surface area contributed by atoms with Gasteiger partial charge in [0, 0.05) is 42.0 Å². The third kappa shape index (κ3) is 4.80. The monoisotopic (exact) mass is 480 g/mol. The van der Waals surface area contributed by atoms with Crippen LogP contribution in [0, 0.1) is 0 Å². The smallest absolute Gasteiger partial charge is 0.227 e. The Morgan fingerprint density at radius 3 is 2.76 bits per heavy atom. The van der Waals surface area contributed by atoms with E-state index in [-0.39, 0.29) is 5.38 Å². The number of pyridine rings is 1. The lowest BCUT2D eigenvalue weighted by Crippen LogP contribution is -2.42. The lowest BCUT2D eigenvalue weighted by atomic mass is 9.84. The third-order valence-corrected chi connectivity index (χ3v) is 7.22. The van der Waals surface area contributed by atoms with Gasteiger partial charge in [-0.1, -0.05) is 42.0 Å². The van der Waals surface area contributed by atoms with Gasteiger partial charge in [-0.2, -0.15) is 0 Å². The van der Waals surface area contributed by atoms with Gasteiger partial charge in [-0.25, -0.2) is 4.98 Å². The van der Waals surface area contributed by atoms with Gasteiger partial charge in [-0.3, -0.25) is 0 Å². The number of halogens is 2. The summed E-state index contributed by atoms with van der Waals surface area (Å²) in [5.41, 5.74) is 3.17. The molecule has 33 heavy (non-hydrogen) atoms. The Kier molecular flexibility index (Phi) is 6.44. The molecule has 1 aromatic carbocycles. The largest absolute Gasteiger partial charge is 0.438 e. The molecule has 2 aliphatic heterocycles. The Bertz CT molecular complexity index is 1140. The van der Waals surface area contributed by atoms with Gasteiger partial charge in [-0.05, 0) is 66.8 Å². The molecule has 1 fully saturated rings. The van der Waals surface area contributed by atoms with E-state index in [9.17, 15) is 5.11 Å². The van der Waals surface area contributed by atoms with Crippen LogP contribution in [0.3, 0.4) is 0 Å². The van der Waals surface area contributed by atoms with Gasteiger partial charge >= 0.3 is 0 Å². The van der Waals surface area contributed by atoms with Crippen molar-refractivity contribution in [3.63, 3.8) is 0 Å². The predicted molar refractivity (Wildman–Crippen MR) is 133 cm³/mol. The van der Waals surface area contributed by atoms with Crippen LogP contribution < -0.4 is 4.74 Å². The summed E-state index contributed by atoms with van der Waals surface area (Å²) in [7, 11) is 0. The molecule has 1 unspecified atom stereocenters. The molecule has 3 heterocycles. The van der Waals surface area contributed by atoms with Crippen molar-refractivity contribution in [2.24, 2.45) is 0 Å². The Hall–Kier alpha value is -2.37. The summed E-state index contributed by atoms with van der Waals surface area (Å²) < 4.78 is 6.09. The number of piperidine rings is 1. The number of nitrogens with zero attached hydrogens (tertiary/aromatic N) is 2. The van der Waals surface area contributed by atoms with Crippen molar-refractivity contribution >= 4 is 28.8 Å². The average molecular weight is 481 g/mol. The summed E-state index contributed by atoms with van der Waals surface area (Å²) in [4.78, 5) is 6.85. The van der Waals surface area contributed by atoms with Crippen molar-refractivity contribution in [1.82, 2.24) is 9.88 Å². The fourth-order valence-corrected chi connectivity index (χ4v) is 5.01. The molecule has 4 nitrogen and oxygen atoms in total. The zero-order chi connectivity index (χ0) is 22.8. The maximum atomic E-state index is 11.1. The van der Waals surface area contributed by atoms with E-state index in [1.54, 1.807) is 6.20 Å². The summed E-state index contributed by atoms with van der Waals surface area (Å²) in [5, 5.41) is 11.6. The van der Waals surface area contributed by atoms with Crippen molar-refractivity contribution in [3.05, 3.63) is 100 Å². The van der Waals surface area contributed by atoms with Gasteiger partial charge in [0.05, 0.1) is 11.0 Å². The van der Waals surface area contributed by atoms with Crippen LogP contribution in [0.4, 0.5) is 0 Å². The zero-order valence-corrected chi connectivity index (χ0v) is 19.8. The number of hydrogen-bond donors (Lipinski definition) is 1. The van der Waals surface area contributed by atoms with Crippen molar-refractivity contribution in [1.29, 1.82) is 0 Å². The highest BCUT2D eigenvalue weighted by atomic mass is 35.5. The first-order valence-electron chi connectivity index (χ1n) is 11.3. The molecule has 1 aromatic heterocycles. The Morgan fingerprint density at radius 1 is 1.18 bits per heavy atom. The first-order valence-corrected chi connectivity index (χ1v) is 12.1. The first-order chi connectivity index (χ1) is 16.0. The van der Waals surface area contributed by atoms with Crippen LogP contribution in [0.1, 0.15) is 30.4 Å². The van der Waals surface area contributed by atoms with Crippen LogP contribution in [-0.2, 0) is 5.60 Å². The number of ether oxygens (including phenoxy) is 1. The second-order valence-corrected chi connectivity index (χ2v) is 9.61. The van der Waals surface area contributed by atoms with Gasteiger partial charge in [0.25, 0.3) is 0 Å². The summed E-state index contributed by atoms with van der Waals surface area (Å²) in [6, 6.07) is 11.5. The number of likely N-dealkylation sites (tertiary alicyclic amines) is 1. The number of fused-ring (bicyclic) bond motifs is 2. The minimum absolute atomic E-state index is 0.227. The topological polar surface area (TPSA) is 45.6 Å². The average Bonchev–Trinajstić information content (AvgIpc) is 2.98. The van der Waals surface area contributed by atoms with Crippen LogP contribution in [-0.4, -0.2) is 40.0 Å². The molecule has 0 amide bonds. The minimum Gasteiger partial charge on any atom is -0.438 e. The van der Waals surface area contributed by atoms with E-state index in [1.807, 2.05) is 54.6 Å². The fraction of sp³-hybridized carbons (Fsp3) is 0.296. The number of alkyl halides is 1. The summed E-state index contributed by atoms with van der Waals surface area (Å²) in [5.74, 6) is 1.35. The SMILES string of the molecule is OC1(c2ccc(Cl)cc2)CCN(CCC=C2C=C3C(=CC=CC3Cl)Oc3ncccc32)CC1. The number of hydrogen-bond acceptors (Lipinski definition) is 4. The molecule has 5 rings (SSSR count).